The lowest BCUT2D eigenvalue weighted by Gasteiger charge is -2.01. The molecule has 0 amide bonds. The summed E-state index contributed by atoms with van der Waals surface area (Å²) in [4.78, 5) is 3.35. The number of nitriles is 1. The second kappa shape index (κ2) is 10.9. The zero-order chi connectivity index (χ0) is 13.8. The van der Waals surface area contributed by atoms with Gasteiger partial charge in [0.05, 0.1) is 19.0 Å². The summed E-state index contributed by atoms with van der Waals surface area (Å²) in [5, 5.41) is 8.47. The van der Waals surface area contributed by atoms with Gasteiger partial charge in [0.25, 0.3) is 5.82 Å². The highest BCUT2D eigenvalue weighted by molar-refractivity contribution is 7.99. The van der Waals surface area contributed by atoms with Crippen molar-refractivity contribution < 1.29 is 4.57 Å². The molecule has 1 aromatic heterocycles. The number of unbranched alkanes of at least 4 members (excludes halogenated alkanes) is 4. The fourth-order valence-electron chi connectivity index (χ4n) is 2.08. The predicted octanol–water partition coefficient (Wildman–Crippen LogP) is 3.46. The molecule has 1 heterocycles. The zero-order valence-electron chi connectivity index (χ0n) is 12.0. The Kier molecular flexibility index (Phi) is 9.26. The molecule has 0 unspecified atom stereocenters. The van der Waals surface area contributed by atoms with Crippen LogP contribution in [0.3, 0.4) is 0 Å². The summed E-state index contributed by atoms with van der Waals surface area (Å²) in [5.41, 5.74) is 0. The van der Waals surface area contributed by atoms with Gasteiger partial charge < -0.3 is 0 Å². The van der Waals surface area contributed by atoms with Crippen LogP contribution in [-0.4, -0.2) is 16.5 Å². The van der Waals surface area contributed by atoms with Gasteiger partial charge in [-0.1, -0.05) is 13.3 Å². The maximum atomic E-state index is 8.47. The first-order chi connectivity index (χ1) is 9.38. The van der Waals surface area contributed by atoms with E-state index in [-0.39, 0.29) is 0 Å². The van der Waals surface area contributed by atoms with Gasteiger partial charge >= 0.3 is 0 Å². The van der Waals surface area contributed by atoms with E-state index in [0.717, 1.165) is 19.4 Å². The number of nitrogens with zero attached hydrogens (tertiary/aromatic N) is 2. The molecular weight excluding hydrogens is 254 g/mol. The van der Waals surface area contributed by atoms with Gasteiger partial charge in [-0.2, -0.15) is 17.0 Å². The molecule has 0 saturated carbocycles. The Balaban J connectivity index is 2.15. The molecule has 106 valence electrons. The van der Waals surface area contributed by atoms with Crippen molar-refractivity contribution in [2.75, 3.05) is 11.5 Å². The third kappa shape index (κ3) is 7.27. The Bertz CT molecular complexity index is 368. The molecule has 4 heteroatoms. The van der Waals surface area contributed by atoms with Gasteiger partial charge in [-0.15, -0.1) is 0 Å². The first-order valence-electron chi connectivity index (χ1n) is 7.39. The summed E-state index contributed by atoms with van der Waals surface area (Å²) in [5.74, 6) is 3.82. The highest BCUT2D eigenvalue weighted by Gasteiger charge is 2.09. The number of rotatable bonds is 11. The maximum Gasteiger partial charge on any atom is 0.255 e. The molecule has 0 bridgehead atoms. The molecule has 0 spiro atoms. The van der Waals surface area contributed by atoms with E-state index in [9.17, 15) is 0 Å². The van der Waals surface area contributed by atoms with Gasteiger partial charge in [-0.05, 0) is 31.4 Å². The van der Waals surface area contributed by atoms with E-state index < -0.39 is 0 Å². The first-order valence-corrected chi connectivity index (χ1v) is 8.54. The van der Waals surface area contributed by atoms with Crippen molar-refractivity contribution in [1.29, 1.82) is 5.26 Å². The lowest BCUT2D eigenvalue weighted by Crippen LogP contribution is -2.36. The van der Waals surface area contributed by atoms with Crippen molar-refractivity contribution in [3.63, 3.8) is 0 Å². The van der Waals surface area contributed by atoms with Gasteiger partial charge in [0.2, 0.25) is 0 Å². The van der Waals surface area contributed by atoms with Crippen LogP contribution >= 0.6 is 11.8 Å². The standard InChI is InChI=1S/C15H25N3S/c1-2-13-19-14-8-15-17-10-12-18(15)11-7-5-3-4-6-9-16/h10,12H,2-8,11,13-14H2,1H3/p+1. The molecule has 0 atom stereocenters. The van der Waals surface area contributed by atoms with Gasteiger partial charge in [0.15, 0.2) is 0 Å². The highest BCUT2D eigenvalue weighted by atomic mass is 32.2. The number of nitrogens with one attached hydrogen (secondary N) is 1. The van der Waals surface area contributed by atoms with Gasteiger partial charge in [0.1, 0.15) is 12.4 Å². The minimum atomic E-state index is 0.706. The Morgan fingerprint density at radius 1 is 1.26 bits per heavy atom. The SMILES string of the molecule is CCCSCCc1[nH]cc[n+]1CCCCCCC#N. The van der Waals surface area contributed by atoms with Crippen LogP contribution in [0.15, 0.2) is 12.4 Å². The first kappa shape index (κ1) is 16.1. The summed E-state index contributed by atoms with van der Waals surface area (Å²) in [6.07, 6.45) is 12.0. The second-order valence-electron chi connectivity index (χ2n) is 4.78. The topological polar surface area (TPSA) is 43.5 Å². The van der Waals surface area contributed by atoms with Crippen molar-refractivity contribution in [2.45, 2.75) is 58.4 Å². The minimum absolute atomic E-state index is 0.706. The molecule has 0 radical (unpaired) electrons. The quantitative estimate of drug-likeness (QED) is 0.498. The average Bonchev–Trinajstić information content (AvgIpc) is 2.86. The number of H-pyrrole nitrogens is 1. The molecule has 0 aliphatic rings. The molecule has 1 rings (SSSR count). The third-order valence-electron chi connectivity index (χ3n) is 3.12. The monoisotopic (exact) mass is 280 g/mol. The van der Waals surface area contributed by atoms with Crippen molar-refractivity contribution >= 4 is 11.8 Å². The second-order valence-corrected chi connectivity index (χ2v) is 6.01. The van der Waals surface area contributed by atoms with Crippen molar-refractivity contribution in [1.82, 2.24) is 4.98 Å². The molecule has 3 nitrogen and oxygen atoms in total. The third-order valence-corrected chi connectivity index (χ3v) is 4.31. The maximum absolute atomic E-state index is 8.47. The minimum Gasteiger partial charge on any atom is -0.248 e. The molecule has 0 saturated heterocycles. The molecule has 0 fully saturated rings. The number of thioether (sulfide) groups is 1. The Labute approximate surface area is 121 Å². The largest absolute Gasteiger partial charge is 0.255 e. The Morgan fingerprint density at radius 3 is 2.89 bits per heavy atom. The number of aryl methyl sites for hydroxylation is 2. The molecular formula is C15H26N3S+. The van der Waals surface area contributed by atoms with Gasteiger partial charge in [0, 0.05) is 12.2 Å². The molecule has 19 heavy (non-hydrogen) atoms. The normalized spacial score (nSPS) is 10.5. The molecule has 1 N–H and O–H groups in total. The molecule has 0 aliphatic heterocycles. The van der Waals surface area contributed by atoms with E-state index in [4.69, 9.17) is 5.26 Å². The van der Waals surface area contributed by atoms with Crippen LogP contribution in [0, 0.1) is 11.3 Å². The van der Waals surface area contributed by atoms with Crippen LogP contribution < -0.4 is 4.57 Å². The van der Waals surface area contributed by atoms with Crippen molar-refractivity contribution in [2.24, 2.45) is 0 Å². The lowest BCUT2D eigenvalue weighted by atomic mass is 10.1. The van der Waals surface area contributed by atoms with Crippen molar-refractivity contribution in [3.05, 3.63) is 18.2 Å². The number of hydrogen-bond donors (Lipinski definition) is 1. The van der Waals surface area contributed by atoms with Crippen LogP contribution in [0.25, 0.3) is 0 Å². The van der Waals surface area contributed by atoms with Crippen molar-refractivity contribution in [3.8, 4) is 6.07 Å². The number of aromatic nitrogens is 2. The van der Waals surface area contributed by atoms with E-state index in [1.807, 2.05) is 18.0 Å². The van der Waals surface area contributed by atoms with E-state index in [1.54, 1.807) is 0 Å². The summed E-state index contributed by atoms with van der Waals surface area (Å²) in [7, 11) is 0. The summed E-state index contributed by atoms with van der Waals surface area (Å²) in [6.45, 7) is 3.33. The summed E-state index contributed by atoms with van der Waals surface area (Å²) in [6, 6.07) is 2.20. The van der Waals surface area contributed by atoms with Gasteiger partial charge in [-0.25, -0.2) is 9.55 Å². The van der Waals surface area contributed by atoms with Crippen LogP contribution in [-0.2, 0) is 13.0 Å². The van der Waals surface area contributed by atoms with Gasteiger partial charge in [-0.3, -0.25) is 0 Å². The van der Waals surface area contributed by atoms with E-state index in [1.165, 1.54) is 43.0 Å². The highest BCUT2D eigenvalue weighted by Crippen LogP contribution is 2.05. The summed E-state index contributed by atoms with van der Waals surface area (Å²) >= 11 is 2.03. The number of aromatic amines is 1. The Hall–Kier alpha value is -0.950. The zero-order valence-corrected chi connectivity index (χ0v) is 12.8. The Morgan fingerprint density at radius 2 is 2.11 bits per heavy atom. The molecule has 0 aromatic carbocycles. The fraction of sp³-hybridized carbons (Fsp3) is 0.733. The molecule has 1 aromatic rings. The van der Waals surface area contributed by atoms with Crippen LogP contribution in [0.4, 0.5) is 0 Å². The van der Waals surface area contributed by atoms with E-state index in [0.29, 0.717) is 6.42 Å². The fourth-order valence-corrected chi connectivity index (χ4v) is 2.91. The summed E-state index contributed by atoms with van der Waals surface area (Å²) < 4.78 is 2.34. The molecule has 0 aliphatic carbocycles. The predicted molar refractivity (Wildman–Crippen MR) is 81.0 cm³/mol. The van der Waals surface area contributed by atoms with Crippen LogP contribution in [0.2, 0.25) is 0 Å². The van der Waals surface area contributed by atoms with Crippen LogP contribution in [0.1, 0.15) is 51.3 Å². The lowest BCUT2D eigenvalue weighted by molar-refractivity contribution is -0.703. The van der Waals surface area contributed by atoms with E-state index >= 15 is 0 Å². The average molecular weight is 280 g/mol. The van der Waals surface area contributed by atoms with E-state index in [2.05, 4.69) is 28.7 Å². The number of imidazole rings is 1. The van der Waals surface area contributed by atoms with Crippen LogP contribution in [0.5, 0.6) is 0 Å². The number of hydrogen-bond acceptors (Lipinski definition) is 2. The smallest absolute Gasteiger partial charge is 0.248 e.